The topological polar surface area (TPSA) is 24.5 Å². The Hall–Kier alpha value is -1.06. The summed E-state index contributed by atoms with van der Waals surface area (Å²) in [5.41, 5.74) is 2.61. The van der Waals surface area contributed by atoms with Gasteiger partial charge < -0.3 is 15.0 Å². The Bertz CT molecular complexity index is 373. The van der Waals surface area contributed by atoms with Gasteiger partial charge in [0.15, 0.2) is 0 Å². The molecule has 2 unspecified atom stereocenters. The van der Waals surface area contributed by atoms with Crippen LogP contribution in [0.5, 0.6) is 0 Å². The first-order valence-corrected chi connectivity index (χ1v) is 6.73. The van der Waals surface area contributed by atoms with E-state index in [1.165, 1.54) is 17.7 Å². The maximum atomic E-state index is 5.46. The van der Waals surface area contributed by atoms with E-state index in [2.05, 4.69) is 55.5 Å². The Balaban J connectivity index is 2.03. The van der Waals surface area contributed by atoms with Crippen LogP contribution in [0, 0.1) is 5.92 Å². The molecule has 18 heavy (non-hydrogen) atoms. The van der Waals surface area contributed by atoms with Crippen LogP contribution >= 0.6 is 0 Å². The summed E-state index contributed by atoms with van der Waals surface area (Å²) in [5, 5.41) is 3.65. The minimum Gasteiger partial charge on any atom is -0.382 e. The molecule has 1 aromatic rings. The van der Waals surface area contributed by atoms with E-state index in [0.717, 1.165) is 19.8 Å². The second-order valence-electron chi connectivity index (χ2n) is 5.45. The summed E-state index contributed by atoms with van der Waals surface area (Å²) in [6.45, 7) is 5.03. The van der Waals surface area contributed by atoms with Gasteiger partial charge in [-0.25, -0.2) is 0 Å². The fourth-order valence-corrected chi connectivity index (χ4v) is 2.45. The Morgan fingerprint density at radius 1 is 1.39 bits per heavy atom. The van der Waals surface area contributed by atoms with Gasteiger partial charge in [-0.2, -0.15) is 0 Å². The van der Waals surface area contributed by atoms with Gasteiger partial charge >= 0.3 is 0 Å². The first-order chi connectivity index (χ1) is 8.66. The largest absolute Gasteiger partial charge is 0.382 e. The van der Waals surface area contributed by atoms with Gasteiger partial charge in [0.1, 0.15) is 0 Å². The molecule has 0 aliphatic carbocycles. The van der Waals surface area contributed by atoms with E-state index in [9.17, 15) is 0 Å². The smallest absolute Gasteiger partial charge is 0.0514 e. The Kier molecular flexibility index (Phi) is 4.61. The number of hydrogen-bond donors (Lipinski definition) is 1. The van der Waals surface area contributed by atoms with Crippen molar-refractivity contribution in [3.8, 4) is 0 Å². The van der Waals surface area contributed by atoms with Crippen LogP contribution in [0.1, 0.15) is 18.9 Å². The van der Waals surface area contributed by atoms with Gasteiger partial charge in [0.25, 0.3) is 0 Å². The molecule has 3 nitrogen and oxygen atoms in total. The van der Waals surface area contributed by atoms with Crippen LogP contribution in [0.3, 0.4) is 0 Å². The van der Waals surface area contributed by atoms with E-state index in [4.69, 9.17) is 4.74 Å². The maximum absolute atomic E-state index is 5.46. The number of para-hydroxylation sites is 1. The van der Waals surface area contributed by atoms with Gasteiger partial charge in [-0.15, -0.1) is 0 Å². The van der Waals surface area contributed by atoms with Crippen LogP contribution in [-0.2, 0) is 11.3 Å². The SMILES string of the molecule is CC(Nc1ccccc1CN(C)C)C1CCOC1. The third-order valence-corrected chi connectivity index (χ3v) is 3.56. The molecule has 1 N–H and O–H groups in total. The molecule has 1 heterocycles. The van der Waals surface area contributed by atoms with Crippen molar-refractivity contribution < 1.29 is 4.74 Å². The van der Waals surface area contributed by atoms with Crippen molar-refractivity contribution in [3.05, 3.63) is 29.8 Å². The van der Waals surface area contributed by atoms with Gasteiger partial charge in [0, 0.05) is 30.8 Å². The zero-order valence-electron chi connectivity index (χ0n) is 11.6. The molecular formula is C15H24N2O. The highest BCUT2D eigenvalue weighted by molar-refractivity contribution is 5.51. The number of anilines is 1. The second-order valence-corrected chi connectivity index (χ2v) is 5.45. The summed E-state index contributed by atoms with van der Waals surface area (Å²) in [4.78, 5) is 2.20. The van der Waals surface area contributed by atoms with Crippen molar-refractivity contribution >= 4 is 5.69 Å². The third-order valence-electron chi connectivity index (χ3n) is 3.56. The summed E-state index contributed by atoms with van der Waals surface area (Å²) < 4.78 is 5.46. The van der Waals surface area contributed by atoms with Crippen molar-refractivity contribution in [1.82, 2.24) is 4.90 Å². The lowest BCUT2D eigenvalue weighted by Crippen LogP contribution is -2.27. The molecule has 0 bridgehead atoms. The normalized spacial score (nSPS) is 21.2. The quantitative estimate of drug-likeness (QED) is 0.867. The van der Waals surface area contributed by atoms with Crippen molar-refractivity contribution in [3.63, 3.8) is 0 Å². The predicted octanol–water partition coefficient (Wildman–Crippen LogP) is 2.59. The van der Waals surface area contributed by atoms with E-state index in [1.54, 1.807) is 0 Å². The summed E-state index contributed by atoms with van der Waals surface area (Å²) >= 11 is 0. The molecular weight excluding hydrogens is 224 g/mol. The van der Waals surface area contributed by atoms with Crippen LogP contribution in [0.25, 0.3) is 0 Å². The molecule has 1 aromatic carbocycles. The van der Waals surface area contributed by atoms with E-state index >= 15 is 0 Å². The molecule has 0 saturated carbocycles. The highest BCUT2D eigenvalue weighted by Gasteiger charge is 2.22. The van der Waals surface area contributed by atoms with Gasteiger partial charge in [-0.3, -0.25) is 0 Å². The summed E-state index contributed by atoms with van der Waals surface area (Å²) in [5.74, 6) is 0.636. The lowest BCUT2D eigenvalue weighted by atomic mass is 10.00. The first kappa shape index (κ1) is 13.4. The van der Waals surface area contributed by atoms with E-state index in [-0.39, 0.29) is 0 Å². The number of hydrogen-bond acceptors (Lipinski definition) is 3. The first-order valence-electron chi connectivity index (χ1n) is 6.73. The highest BCUT2D eigenvalue weighted by Crippen LogP contribution is 2.23. The fraction of sp³-hybridized carbons (Fsp3) is 0.600. The van der Waals surface area contributed by atoms with Crippen molar-refractivity contribution in [2.45, 2.75) is 25.9 Å². The average Bonchev–Trinajstić information content (AvgIpc) is 2.84. The lowest BCUT2D eigenvalue weighted by molar-refractivity contribution is 0.183. The summed E-state index contributed by atoms with van der Waals surface area (Å²) in [6, 6.07) is 9.04. The fourth-order valence-electron chi connectivity index (χ4n) is 2.45. The summed E-state index contributed by atoms with van der Waals surface area (Å²) in [6.07, 6.45) is 1.17. The number of benzene rings is 1. The van der Waals surface area contributed by atoms with Crippen LogP contribution in [0.4, 0.5) is 5.69 Å². The van der Waals surface area contributed by atoms with Gasteiger partial charge in [-0.05, 0) is 39.1 Å². The Labute approximate surface area is 110 Å². The summed E-state index contributed by atoms with van der Waals surface area (Å²) in [7, 11) is 4.20. The maximum Gasteiger partial charge on any atom is 0.0514 e. The standard InChI is InChI=1S/C15H24N2O/c1-12(14-8-9-18-11-14)16-15-7-5-4-6-13(15)10-17(2)3/h4-7,12,14,16H,8-11H2,1-3H3. The van der Waals surface area contributed by atoms with Crippen LogP contribution in [-0.4, -0.2) is 38.3 Å². The van der Waals surface area contributed by atoms with Crippen molar-refractivity contribution in [2.75, 3.05) is 32.6 Å². The molecule has 1 saturated heterocycles. The van der Waals surface area contributed by atoms with E-state index < -0.39 is 0 Å². The average molecular weight is 248 g/mol. The minimum atomic E-state index is 0.468. The predicted molar refractivity (Wildman–Crippen MR) is 75.8 cm³/mol. The van der Waals surface area contributed by atoms with Gasteiger partial charge in [0.05, 0.1) is 6.61 Å². The van der Waals surface area contributed by atoms with Crippen LogP contribution < -0.4 is 5.32 Å². The molecule has 1 fully saturated rings. The zero-order chi connectivity index (χ0) is 13.0. The number of nitrogens with zero attached hydrogens (tertiary/aromatic N) is 1. The van der Waals surface area contributed by atoms with Crippen LogP contribution in [0.2, 0.25) is 0 Å². The second kappa shape index (κ2) is 6.21. The third kappa shape index (κ3) is 3.47. The monoisotopic (exact) mass is 248 g/mol. The van der Waals surface area contributed by atoms with E-state index in [1.807, 2.05) is 0 Å². The van der Waals surface area contributed by atoms with E-state index in [0.29, 0.717) is 12.0 Å². The number of nitrogens with one attached hydrogen (secondary N) is 1. The van der Waals surface area contributed by atoms with Gasteiger partial charge in [-0.1, -0.05) is 18.2 Å². The number of ether oxygens (including phenoxy) is 1. The Morgan fingerprint density at radius 3 is 2.83 bits per heavy atom. The molecule has 100 valence electrons. The zero-order valence-corrected chi connectivity index (χ0v) is 11.6. The number of rotatable bonds is 5. The molecule has 0 radical (unpaired) electrons. The van der Waals surface area contributed by atoms with Gasteiger partial charge in [0.2, 0.25) is 0 Å². The molecule has 0 aromatic heterocycles. The molecule has 2 rings (SSSR count). The minimum absolute atomic E-state index is 0.468. The lowest BCUT2D eigenvalue weighted by Gasteiger charge is -2.23. The molecule has 1 aliphatic heterocycles. The Morgan fingerprint density at radius 2 is 2.17 bits per heavy atom. The molecule has 1 aliphatic rings. The molecule has 3 heteroatoms. The van der Waals surface area contributed by atoms with Crippen molar-refractivity contribution in [2.24, 2.45) is 5.92 Å². The van der Waals surface area contributed by atoms with Crippen LogP contribution in [0.15, 0.2) is 24.3 Å². The molecule has 2 atom stereocenters. The molecule has 0 amide bonds. The molecule has 0 spiro atoms. The highest BCUT2D eigenvalue weighted by atomic mass is 16.5. The van der Waals surface area contributed by atoms with Crippen molar-refractivity contribution in [1.29, 1.82) is 0 Å².